The van der Waals surface area contributed by atoms with Crippen LogP contribution in [0.4, 0.5) is 4.79 Å². The van der Waals surface area contributed by atoms with Crippen molar-refractivity contribution in [2.75, 3.05) is 13.2 Å². The fraction of sp³-hybridized carbons (Fsp3) is 0.632. The number of rotatable bonds is 6. The maximum absolute atomic E-state index is 11.8. The predicted molar refractivity (Wildman–Crippen MR) is 95.4 cm³/mol. The molecule has 0 bridgehead atoms. The highest BCUT2D eigenvalue weighted by atomic mass is 16.6. The molecule has 0 unspecified atom stereocenters. The summed E-state index contributed by atoms with van der Waals surface area (Å²) in [6, 6.07) is 10.6. The zero-order valence-electron chi connectivity index (χ0n) is 15.0. The van der Waals surface area contributed by atoms with E-state index in [1.54, 1.807) is 0 Å². The number of carbonyl (C=O) groups is 1. The van der Waals surface area contributed by atoms with Gasteiger partial charge < -0.3 is 20.1 Å². The molecule has 134 valence electrons. The Morgan fingerprint density at radius 3 is 2.33 bits per heavy atom. The lowest BCUT2D eigenvalue weighted by Gasteiger charge is -2.30. The second-order valence-electron chi connectivity index (χ2n) is 7.31. The lowest BCUT2D eigenvalue weighted by molar-refractivity contribution is 0.0489. The smallest absolute Gasteiger partial charge is 0.407 e. The number of hydrogen-bond acceptors (Lipinski definition) is 4. The third kappa shape index (κ3) is 7.21. The highest BCUT2D eigenvalue weighted by Crippen LogP contribution is 2.19. The van der Waals surface area contributed by atoms with Crippen LogP contribution in [0.15, 0.2) is 30.3 Å². The van der Waals surface area contributed by atoms with Crippen LogP contribution < -0.4 is 15.4 Å². The molecule has 0 spiro atoms. The maximum atomic E-state index is 11.8. The number of para-hydroxylation sites is 1. The van der Waals surface area contributed by atoms with E-state index in [0.717, 1.165) is 38.0 Å². The molecule has 2 N–H and O–H groups in total. The molecule has 0 aromatic heterocycles. The molecule has 5 nitrogen and oxygen atoms in total. The van der Waals surface area contributed by atoms with Gasteiger partial charge in [0.05, 0.1) is 0 Å². The Morgan fingerprint density at radius 2 is 1.71 bits per heavy atom. The predicted octanol–water partition coefficient (Wildman–Crippen LogP) is 3.49. The van der Waals surface area contributed by atoms with Crippen LogP contribution >= 0.6 is 0 Å². The minimum atomic E-state index is -0.443. The Balaban J connectivity index is 1.57. The SMILES string of the molecule is CC(C)(C)OC(=O)NC1CCC(NCCOc2ccccc2)CC1. The summed E-state index contributed by atoms with van der Waals surface area (Å²) in [4.78, 5) is 11.8. The molecular weight excluding hydrogens is 304 g/mol. The zero-order valence-corrected chi connectivity index (χ0v) is 15.0. The zero-order chi connectivity index (χ0) is 17.4. The van der Waals surface area contributed by atoms with Crippen LogP contribution in [-0.2, 0) is 4.74 Å². The molecular formula is C19H30N2O3. The van der Waals surface area contributed by atoms with E-state index in [-0.39, 0.29) is 12.1 Å². The van der Waals surface area contributed by atoms with Gasteiger partial charge in [-0.2, -0.15) is 0 Å². The van der Waals surface area contributed by atoms with E-state index in [1.807, 2.05) is 51.1 Å². The first-order valence-corrected chi connectivity index (χ1v) is 8.83. The van der Waals surface area contributed by atoms with Crippen LogP contribution in [0.5, 0.6) is 5.75 Å². The fourth-order valence-electron chi connectivity index (χ4n) is 2.86. The Bertz CT molecular complexity index is 491. The Hall–Kier alpha value is -1.75. The summed E-state index contributed by atoms with van der Waals surface area (Å²) in [6.07, 6.45) is 3.78. The van der Waals surface area contributed by atoms with Crippen molar-refractivity contribution < 1.29 is 14.3 Å². The van der Waals surface area contributed by atoms with E-state index >= 15 is 0 Å². The van der Waals surface area contributed by atoms with Crippen molar-refractivity contribution in [3.8, 4) is 5.75 Å². The van der Waals surface area contributed by atoms with E-state index < -0.39 is 5.60 Å². The van der Waals surface area contributed by atoms with Crippen molar-refractivity contribution in [3.05, 3.63) is 30.3 Å². The molecule has 5 heteroatoms. The number of ether oxygens (including phenoxy) is 2. The molecule has 0 radical (unpaired) electrons. The molecule has 1 aliphatic rings. The largest absolute Gasteiger partial charge is 0.492 e. The second-order valence-corrected chi connectivity index (χ2v) is 7.31. The van der Waals surface area contributed by atoms with Gasteiger partial charge in [-0.15, -0.1) is 0 Å². The summed E-state index contributed by atoms with van der Waals surface area (Å²) < 4.78 is 11.0. The molecule has 0 atom stereocenters. The van der Waals surface area contributed by atoms with Gasteiger partial charge in [0.15, 0.2) is 0 Å². The highest BCUT2D eigenvalue weighted by Gasteiger charge is 2.24. The van der Waals surface area contributed by atoms with Gasteiger partial charge in [-0.3, -0.25) is 0 Å². The minimum Gasteiger partial charge on any atom is -0.492 e. The van der Waals surface area contributed by atoms with E-state index in [1.165, 1.54) is 0 Å². The Labute approximate surface area is 145 Å². The van der Waals surface area contributed by atoms with Gasteiger partial charge in [0.25, 0.3) is 0 Å². The molecule has 1 aliphatic carbocycles. The number of amides is 1. The van der Waals surface area contributed by atoms with Crippen molar-refractivity contribution in [2.45, 2.75) is 64.1 Å². The lowest BCUT2D eigenvalue weighted by Crippen LogP contribution is -2.44. The highest BCUT2D eigenvalue weighted by molar-refractivity contribution is 5.68. The Kier molecular flexibility index (Phi) is 6.91. The standard InChI is InChI=1S/C19H30N2O3/c1-19(2,3)24-18(22)21-16-11-9-15(10-12-16)20-13-14-23-17-7-5-4-6-8-17/h4-8,15-16,20H,9-14H2,1-3H3,(H,21,22). The number of hydrogen-bond donors (Lipinski definition) is 2. The van der Waals surface area contributed by atoms with Crippen molar-refractivity contribution >= 4 is 6.09 Å². The normalized spacial score (nSPS) is 21.1. The number of nitrogens with one attached hydrogen (secondary N) is 2. The van der Waals surface area contributed by atoms with Gasteiger partial charge in [-0.05, 0) is 58.6 Å². The second kappa shape index (κ2) is 8.92. The van der Waals surface area contributed by atoms with Gasteiger partial charge in [-0.1, -0.05) is 18.2 Å². The summed E-state index contributed by atoms with van der Waals surface area (Å²) in [5.41, 5.74) is -0.443. The average Bonchev–Trinajstić information content (AvgIpc) is 2.52. The van der Waals surface area contributed by atoms with Gasteiger partial charge >= 0.3 is 6.09 Å². The summed E-state index contributed by atoms with van der Waals surface area (Å²) in [6.45, 7) is 7.14. The van der Waals surface area contributed by atoms with E-state index in [2.05, 4.69) is 10.6 Å². The van der Waals surface area contributed by atoms with Crippen LogP contribution in [0.3, 0.4) is 0 Å². The summed E-state index contributed by atoms with van der Waals surface area (Å²) in [7, 11) is 0. The maximum Gasteiger partial charge on any atom is 0.407 e. The summed E-state index contributed by atoms with van der Waals surface area (Å²) >= 11 is 0. The molecule has 0 heterocycles. The minimum absolute atomic E-state index is 0.221. The first-order valence-electron chi connectivity index (χ1n) is 8.83. The van der Waals surface area contributed by atoms with Crippen molar-refractivity contribution in [1.29, 1.82) is 0 Å². The van der Waals surface area contributed by atoms with Gasteiger partial charge in [0.1, 0.15) is 18.0 Å². The Morgan fingerprint density at radius 1 is 1.08 bits per heavy atom. The average molecular weight is 334 g/mol. The van der Waals surface area contributed by atoms with Crippen LogP contribution in [-0.4, -0.2) is 36.9 Å². The summed E-state index contributed by atoms with van der Waals surface area (Å²) in [5, 5.41) is 6.51. The molecule has 1 aromatic carbocycles. The van der Waals surface area contributed by atoms with Crippen molar-refractivity contribution in [1.82, 2.24) is 10.6 Å². The molecule has 1 saturated carbocycles. The van der Waals surface area contributed by atoms with Crippen molar-refractivity contribution in [3.63, 3.8) is 0 Å². The van der Waals surface area contributed by atoms with E-state index in [9.17, 15) is 4.79 Å². The topological polar surface area (TPSA) is 59.6 Å². The lowest BCUT2D eigenvalue weighted by atomic mass is 9.91. The first-order chi connectivity index (χ1) is 11.4. The third-order valence-electron chi connectivity index (χ3n) is 4.00. The van der Waals surface area contributed by atoms with Crippen LogP contribution in [0.1, 0.15) is 46.5 Å². The van der Waals surface area contributed by atoms with Crippen LogP contribution in [0, 0.1) is 0 Å². The quantitative estimate of drug-likeness (QED) is 0.782. The van der Waals surface area contributed by atoms with E-state index in [0.29, 0.717) is 12.6 Å². The third-order valence-corrected chi connectivity index (χ3v) is 4.00. The van der Waals surface area contributed by atoms with Crippen LogP contribution in [0.25, 0.3) is 0 Å². The summed E-state index contributed by atoms with van der Waals surface area (Å²) in [5.74, 6) is 0.907. The van der Waals surface area contributed by atoms with Crippen LogP contribution in [0.2, 0.25) is 0 Å². The molecule has 1 amide bonds. The molecule has 0 aliphatic heterocycles. The molecule has 1 aromatic rings. The number of benzene rings is 1. The van der Waals surface area contributed by atoms with Gasteiger partial charge in [0.2, 0.25) is 0 Å². The number of carbonyl (C=O) groups excluding carboxylic acids is 1. The van der Waals surface area contributed by atoms with Crippen molar-refractivity contribution in [2.24, 2.45) is 0 Å². The van der Waals surface area contributed by atoms with E-state index in [4.69, 9.17) is 9.47 Å². The fourth-order valence-corrected chi connectivity index (χ4v) is 2.86. The molecule has 2 rings (SSSR count). The monoisotopic (exact) mass is 334 g/mol. The van der Waals surface area contributed by atoms with Gasteiger partial charge in [0, 0.05) is 18.6 Å². The molecule has 0 saturated heterocycles. The molecule has 24 heavy (non-hydrogen) atoms. The number of alkyl carbamates (subject to hydrolysis) is 1. The van der Waals surface area contributed by atoms with Gasteiger partial charge in [-0.25, -0.2) is 4.79 Å². The first kappa shape index (κ1) is 18.6. The molecule has 1 fully saturated rings.